The number of hydrogen-bond donors (Lipinski definition) is 2. The molecule has 0 bridgehead atoms. The van der Waals surface area contributed by atoms with Crippen LogP contribution in [0.4, 0.5) is 10.5 Å². The molecule has 4 rings (SSSR count). The third kappa shape index (κ3) is 2.99. The Balaban J connectivity index is 1.49. The largest absolute Gasteiger partial charge is 0.330 e. The van der Waals surface area contributed by atoms with Gasteiger partial charge in [0.2, 0.25) is 0 Å². The van der Waals surface area contributed by atoms with E-state index in [-0.39, 0.29) is 11.7 Å². The molecule has 2 aromatic rings. The lowest BCUT2D eigenvalue weighted by atomic mass is 9.86. The molecule has 2 amide bonds. The summed E-state index contributed by atoms with van der Waals surface area (Å²) in [6.45, 7) is 3.50. The van der Waals surface area contributed by atoms with Crippen LogP contribution in [0.25, 0.3) is 5.69 Å². The molecule has 0 radical (unpaired) electrons. The van der Waals surface area contributed by atoms with Gasteiger partial charge in [-0.2, -0.15) is 0 Å². The van der Waals surface area contributed by atoms with Gasteiger partial charge >= 0.3 is 11.7 Å². The normalized spacial score (nSPS) is 22.0. The van der Waals surface area contributed by atoms with E-state index in [1.165, 1.54) is 0 Å². The fraction of sp³-hybridized carbons (Fsp3) is 0.368. The molecular formula is C19H22N4O2. The maximum atomic E-state index is 12.6. The highest BCUT2D eigenvalue weighted by atomic mass is 16.2. The summed E-state index contributed by atoms with van der Waals surface area (Å²) in [5.74, 6) is 1.17. The number of aromatic nitrogens is 2. The number of allylic oxidation sites excluding steroid dienone is 2. The smallest absolute Gasteiger partial charge is 0.324 e. The molecule has 25 heavy (non-hydrogen) atoms. The molecule has 1 aliphatic carbocycles. The van der Waals surface area contributed by atoms with E-state index in [1.54, 1.807) is 10.8 Å². The molecule has 0 spiro atoms. The highest BCUT2D eigenvalue weighted by molar-refractivity contribution is 5.89. The summed E-state index contributed by atoms with van der Waals surface area (Å²) in [4.78, 5) is 29.1. The first kappa shape index (κ1) is 15.7. The summed E-state index contributed by atoms with van der Waals surface area (Å²) in [5.41, 5.74) is 2.07. The number of H-pyrrole nitrogens is 1. The molecular weight excluding hydrogens is 316 g/mol. The van der Waals surface area contributed by atoms with Gasteiger partial charge in [-0.1, -0.05) is 18.2 Å². The number of aromatic amines is 1. The number of hydrogen-bond acceptors (Lipinski definition) is 2. The van der Waals surface area contributed by atoms with Crippen LogP contribution in [0.15, 0.2) is 47.4 Å². The number of anilines is 1. The SMILES string of the molecule is Cc1c[nH]c(=O)n1-c1cccc(NC(=O)N2C[C@@H]3CC=CC[C@H]3C2)c1. The van der Waals surface area contributed by atoms with Crippen LogP contribution in [-0.2, 0) is 0 Å². The number of carbonyl (C=O) groups is 1. The molecule has 130 valence electrons. The molecule has 2 atom stereocenters. The zero-order valence-corrected chi connectivity index (χ0v) is 14.2. The Morgan fingerprint density at radius 1 is 1.20 bits per heavy atom. The third-order valence-corrected chi connectivity index (χ3v) is 5.22. The van der Waals surface area contributed by atoms with Crippen LogP contribution in [0.1, 0.15) is 18.5 Å². The molecule has 1 fully saturated rings. The molecule has 2 heterocycles. The van der Waals surface area contributed by atoms with Crippen molar-refractivity contribution in [1.82, 2.24) is 14.5 Å². The summed E-state index contributed by atoms with van der Waals surface area (Å²) in [5, 5.41) is 2.98. The van der Waals surface area contributed by atoms with E-state index in [2.05, 4.69) is 22.5 Å². The minimum atomic E-state index is -0.183. The lowest BCUT2D eigenvalue weighted by Gasteiger charge is -2.17. The average Bonchev–Trinajstić information content (AvgIpc) is 3.18. The molecule has 1 saturated heterocycles. The van der Waals surface area contributed by atoms with Crippen LogP contribution in [-0.4, -0.2) is 33.6 Å². The van der Waals surface area contributed by atoms with Crippen molar-refractivity contribution in [3.05, 3.63) is 58.8 Å². The van der Waals surface area contributed by atoms with Crippen LogP contribution in [0.5, 0.6) is 0 Å². The minimum absolute atomic E-state index is 0.0651. The first-order valence-corrected chi connectivity index (χ1v) is 8.70. The second-order valence-electron chi connectivity index (χ2n) is 6.92. The summed E-state index contributed by atoms with van der Waals surface area (Å²) >= 11 is 0. The first-order chi connectivity index (χ1) is 12.1. The zero-order valence-electron chi connectivity index (χ0n) is 14.2. The average molecular weight is 338 g/mol. The maximum Gasteiger partial charge on any atom is 0.330 e. The first-order valence-electron chi connectivity index (χ1n) is 8.70. The van der Waals surface area contributed by atoms with E-state index < -0.39 is 0 Å². The Morgan fingerprint density at radius 3 is 2.56 bits per heavy atom. The molecule has 1 aromatic heterocycles. The van der Waals surface area contributed by atoms with Crippen molar-refractivity contribution >= 4 is 11.7 Å². The molecule has 0 unspecified atom stereocenters. The van der Waals surface area contributed by atoms with Crippen molar-refractivity contribution < 1.29 is 4.79 Å². The second kappa shape index (κ2) is 6.27. The molecule has 1 aliphatic heterocycles. The molecule has 0 saturated carbocycles. The van der Waals surface area contributed by atoms with Crippen LogP contribution < -0.4 is 11.0 Å². The van der Waals surface area contributed by atoms with Gasteiger partial charge in [0, 0.05) is 30.7 Å². The zero-order chi connectivity index (χ0) is 17.4. The van der Waals surface area contributed by atoms with E-state index >= 15 is 0 Å². The van der Waals surface area contributed by atoms with Gasteiger partial charge in [0.15, 0.2) is 0 Å². The van der Waals surface area contributed by atoms with Gasteiger partial charge in [0.25, 0.3) is 0 Å². The van der Waals surface area contributed by atoms with Gasteiger partial charge in [0.05, 0.1) is 5.69 Å². The number of nitrogens with one attached hydrogen (secondary N) is 2. The number of fused-ring (bicyclic) bond motifs is 1. The van der Waals surface area contributed by atoms with Crippen LogP contribution in [0.3, 0.4) is 0 Å². The van der Waals surface area contributed by atoms with E-state index in [9.17, 15) is 9.59 Å². The molecule has 2 N–H and O–H groups in total. The summed E-state index contributed by atoms with van der Waals surface area (Å²) < 4.78 is 1.59. The van der Waals surface area contributed by atoms with Gasteiger partial charge in [-0.15, -0.1) is 0 Å². The number of likely N-dealkylation sites (tertiary alicyclic amines) is 1. The Bertz CT molecular complexity index is 864. The second-order valence-corrected chi connectivity index (χ2v) is 6.92. The lowest BCUT2D eigenvalue weighted by Crippen LogP contribution is -2.33. The number of imidazole rings is 1. The number of benzene rings is 1. The Hall–Kier alpha value is -2.76. The summed E-state index contributed by atoms with van der Waals surface area (Å²) in [6.07, 6.45) is 8.26. The number of nitrogens with zero attached hydrogens (tertiary/aromatic N) is 2. The molecule has 6 heteroatoms. The van der Waals surface area contributed by atoms with Gasteiger partial charge in [0.1, 0.15) is 0 Å². The maximum absolute atomic E-state index is 12.6. The molecule has 1 aromatic carbocycles. The number of urea groups is 1. The van der Waals surface area contributed by atoms with Gasteiger partial charge in [-0.25, -0.2) is 9.59 Å². The highest BCUT2D eigenvalue weighted by Gasteiger charge is 2.35. The van der Waals surface area contributed by atoms with Crippen LogP contribution in [0.2, 0.25) is 0 Å². The van der Waals surface area contributed by atoms with Gasteiger partial charge in [-0.3, -0.25) is 4.57 Å². The van der Waals surface area contributed by atoms with E-state index in [1.807, 2.05) is 36.1 Å². The van der Waals surface area contributed by atoms with Crippen LogP contribution >= 0.6 is 0 Å². The number of amides is 2. The fourth-order valence-electron chi connectivity index (χ4n) is 3.88. The van der Waals surface area contributed by atoms with Crippen molar-refractivity contribution in [2.75, 3.05) is 18.4 Å². The quantitative estimate of drug-likeness (QED) is 0.827. The number of rotatable bonds is 2. The minimum Gasteiger partial charge on any atom is -0.324 e. The van der Waals surface area contributed by atoms with Crippen LogP contribution in [0, 0.1) is 18.8 Å². The van der Waals surface area contributed by atoms with Crippen molar-refractivity contribution in [3.63, 3.8) is 0 Å². The predicted molar refractivity (Wildman–Crippen MR) is 97.1 cm³/mol. The number of carbonyl (C=O) groups excluding carboxylic acids is 1. The molecule has 2 aliphatic rings. The summed E-state index contributed by atoms with van der Waals surface area (Å²) in [7, 11) is 0. The van der Waals surface area contributed by atoms with E-state index in [4.69, 9.17) is 0 Å². The Labute approximate surface area is 146 Å². The fourth-order valence-corrected chi connectivity index (χ4v) is 3.88. The number of aryl methyl sites for hydroxylation is 1. The summed E-state index contributed by atoms with van der Waals surface area (Å²) in [6, 6.07) is 7.31. The topological polar surface area (TPSA) is 70.1 Å². The van der Waals surface area contributed by atoms with Crippen molar-refractivity contribution in [2.45, 2.75) is 19.8 Å². The van der Waals surface area contributed by atoms with Gasteiger partial charge < -0.3 is 15.2 Å². The molecule has 6 nitrogen and oxygen atoms in total. The van der Waals surface area contributed by atoms with Crippen molar-refractivity contribution in [3.8, 4) is 5.69 Å². The predicted octanol–water partition coefficient (Wildman–Crippen LogP) is 2.90. The Kier molecular flexibility index (Phi) is 3.95. The van der Waals surface area contributed by atoms with E-state index in [0.717, 1.165) is 37.3 Å². The standard InChI is InChI=1S/C19H22N4O2/c1-13-10-20-18(24)23(13)17-8-4-7-16(9-17)21-19(25)22-11-14-5-2-3-6-15(14)12-22/h2-4,7-10,14-15H,5-6,11-12H2,1H3,(H,20,24)(H,21,25)/t14-,15-/m0/s1. The Morgan fingerprint density at radius 2 is 1.92 bits per heavy atom. The van der Waals surface area contributed by atoms with Crippen molar-refractivity contribution in [1.29, 1.82) is 0 Å². The lowest BCUT2D eigenvalue weighted by molar-refractivity contribution is 0.220. The highest BCUT2D eigenvalue weighted by Crippen LogP contribution is 2.33. The monoisotopic (exact) mass is 338 g/mol. The van der Waals surface area contributed by atoms with Gasteiger partial charge in [-0.05, 0) is 49.8 Å². The van der Waals surface area contributed by atoms with E-state index in [0.29, 0.717) is 17.5 Å². The third-order valence-electron chi connectivity index (χ3n) is 5.22. The van der Waals surface area contributed by atoms with Crippen molar-refractivity contribution in [2.24, 2.45) is 11.8 Å².